The number of hydrogen-bond acceptors (Lipinski definition) is 6. The van der Waals surface area contributed by atoms with Gasteiger partial charge in [-0.05, 0) is 50.1 Å². The highest BCUT2D eigenvalue weighted by Gasteiger charge is 2.27. The molecule has 13 heteroatoms. The monoisotopic (exact) mass is 559 g/mol. The number of rotatable bonds is 5. The average Bonchev–Trinajstić information content (AvgIpc) is 3.42. The minimum Gasteiger partial charge on any atom is -0.464 e. The Kier molecular flexibility index (Phi) is 5.42. The van der Waals surface area contributed by atoms with Gasteiger partial charge < -0.3 is 15.5 Å². The maximum absolute atomic E-state index is 13.4. The molecule has 4 aromatic rings. The molecule has 0 saturated heterocycles. The number of H-pyrrole nitrogens is 1. The van der Waals surface area contributed by atoms with Gasteiger partial charge in [0.1, 0.15) is 25.8 Å². The molecule has 2 amide bonds. The number of furan rings is 1. The van der Waals surface area contributed by atoms with Crippen molar-refractivity contribution in [1.29, 1.82) is 0 Å². The van der Waals surface area contributed by atoms with E-state index in [1.54, 1.807) is 12.1 Å². The van der Waals surface area contributed by atoms with Gasteiger partial charge in [-0.25, -0.2) is 13.8 Å². The van der Waals surface area contributed by atoms with Gasteiger partial charge in [0.05, 0.1) is 16.4 Å². The molecule has 4 aromatic heterocycles. The summed E-state index contributed by atoms with van der Waals surface area (Å²) in [4.78, 5) is 28.8. The molecule has 0 unspecified atom stereocenters. The number of anilines is 1. The summed E-state index contributed by atoms with van der Waals surface area (Å²) in [6.45, 7) is 0. The number of pyridine rings is 1. The van der Waals surface area contributed by atoms with E-state index in [1.165, 1.54) is 6.26 Å². The number of primary amides is 1. The molecule has 0 bridgehead atoms. The highest BCUT2D eigenvalue weighted by Crippen LogP contribution is 2.42. The number of hydrogen-bond donors (Lipinski definition) is 3. The fraction of sp³-hybridized carbons (Fsp3) is 0.0588. The van der Waals surface area contributed by atoms with Crippen molar-refractivity contribution < 1.29 is 22.8 Å². The Labute approximate surface area is 187 Å². The van der Waals surface area contributed by atoms with Crippen LogP contribution in [-0.2, 0) is 0 Å². The SMILES string of the molecule is NC(=O)c1sc2nc(C(F)F)cc(-c3ccco3)c2c1NC(=O)c1n[nH]c(Br)c1Br. The third-order valence-electron chi connectivity index (χ3n) is 4.04. The van der Waals surface area contributed by atoms with Crippen LogP contribution in [0.2, 0.25) is 0 Å². The first-order valence-corrected chi connectivity index (χ1v) is 10.5. The average molecular weight is 561 g/mol. The Balaban J connectivity index is 1.95. The van der Waals surface area contributed by atoms with Crippen molar-refractivity contribution in [3.8, 4) is 11.3 Å². The van der Waals surface area contributed by atoms with Crippen molar-refractivity contribution in [2.45, 2.75) is 6.43 Å². The minimum atomic E-state index is -2.85. The number of thiophene rings is 1. The zero-order valence-corrected chi connectivity index (χ0v) is 18.5. The van der Waals surface area contributed by atoms with E-state index in [1.807, 2.05) is 0 Å². The fourth-order valence-electron chi connectivity index (χ4n) is 2.78. The number of aromatic nitrogens is 3. The first-order valence-electron chi connectivity index (χ1n) is 8.08. The summed E-state index contributed by atoms with van der Waals surface area (Å²) in [5.74, 6) is -1.24. The van der Waals surface area contributed by atoms with E-state index < -0.39 is 23.9 Å². The van der Waals surface area contributed by atoms with Crippen LogP contribution in [0.25, 0.3) is 21.5 Å². The van der Waals surface area contributed by atoms with E-state index in [0.717, 1.165) is 17.4 Å². The zero-order valence-electron chi connectivity index (χ0n) is 14.5. The molecule has 0 fully saturated rings. The molecule has 154 valence electrons. The lowest BCUT2D eigenvalue weighted by molar-refractivity contribution is 0.100. The van der Waals surface area contributed by atoms with Gasteiger partial charge in [-0.2, -0.15) is 5.10 Å². The number of nitrogens with zero attached hydrogens (tertiary/aromatic N) is 2. The number of nitrogens with one attached hydrogen (secondary N) is 2. The molecule has 0 aromatic carbocycles. The van der Waals surface area contributed by atoms with Crippen LogP contribution >= 0.6 is 43.2 Å². The normalized spacial score (nSPS) is 11.4. The standard InChI is InChI=1S/C17H9Br2F2N5O3S/c18-9-11(25-26-13(9)19)16(28)24-10-8-5(7-2-1-3-29-7)4-6(14(20)21)23-17(8)30-12(10)15(22)27/h1-4,14H,(H2,22,27)(H,24,28)(H,25,26). The summed E-state index contributed by atoms with van der Waals surface area (Å²) in [6, 6.07) is 4.31. The molecule has 0 aliphatic rings. The molecule has 4 rings (SSSR count). The predicted molar refractivity (Wildman–Crippen MR) is 113 cm³/mol. The smallest absolute Gasteiger partial charge is 0.280 e. The maximum atomic E-state index is 13.4. The molecule has 4 N–H and O–H groups in total. The lowest BCUT2D eigenvalue weighted by atomic mass is 10.1. The predicted octanol–water partition coefficient (Wildman–Crippen LogP) is 5.09. The van der Waals surface area contributed by atoms with Crippen molar-refractivity contribution in [2.24, 2.45) is 5.73 Å². The minimum absolute atomic E-state index is 0.00773. The second-order valence-electron chi connectivity index (χ2n) is 5.88. The lowest BCUT2D eigenvalue weighted by Gasteiger charge is -2.09. The molecule has 0 radical (unpaired) electrons. The van der Waals surface area contributed by atoms with Crippen LogP contribution in [0.3, 0.4) is 0 Å². The molecular weight excluding hydrogens is 552 g/mol. The van der Waals surface area contributed by atoms with E-state index in [-0.39, 0.29) is 37.8 Å². The number of aromatic amines is 1. The zero-order chi connectivity index (χ0) is 21.6. The molecular formula is C17H9Br2F2N5O3S. The topological polar surface area (TPSA) is 127 Å². The Morgan fingerprint density at radius 2 is 2.10 bits per heavy atom. The first-order chi connectivity index (χ1) is 14.3. The molecule has 4 heterocycles. The fourth-order valence-corrected chi connectivity index (χ4v) is 4.43. The third kappa shape index (κ3) is 3.52. The van der Waals surface area contributed by atoms with Gasteiger partial charge >= 0.3 is 0 Å². The van der Waals surface area contributed by atoms with Crippen LogP contribution in [-0.4, -0.2) is 27.0 Å². The summed E-state index contributed by atoms with van der Waals surface area (Å²) in [7, 11) is 0. The second-order valence-corrected chi connectivity index (χ2v) is 8.46. The summed E-state index contributed by atoms with van der Waals surface area (Å²) in [5.41, 5.74) is 5.26. The van der Waals surface area contributed by atoms with Gasteiger partial charge in [-0.3, -0.25) is 14.7 Å². The molecule has 0 aliphatic heterocycles. The van der Waals surface area contributed by atoms with Gasteiger partial charge in [-0.15, -0.1) is 11.3 Å². The Morgan fingerprint density at radius 1 is 1.33 bits per heavy atom. The van der Waals surface area contributed by atoms with E-state index in [9.17, 15) is 18.4 Å². The van der Waals surface area contributed by atoms with E-state index in [2.05, 4.69) is 52.4 Å². The van der Waals surface area contributed by atoms with Crippen LogP contribution in [0, 0.1) is 0 Å². The van der Waals surface area contributed by atoms with E-state index >= 15 is 0 Å². The van der Waals surface area contributed by atoms with Crippen molar-refractivity contribution in [3.05, 3.63) is 49.8 Å². The summed E-state index contributed by atoms with van der Waals surface area (Å²) < 4.78 is 33.0. The largest absolute Gasteiger partial charge is 0.464 e. The maximum Gasteiger partial charge on any atom is 0.280 e. The molecule has 0 atom stereocenters. The third-order valence-corrected chi connectivity index (χ3v) is 7.01. The van der Waals surface area contributed by atoms with Gasteiger partial charge in [0, 0.05) is 10.9 Å². The lowest BCUT2D eigenvalue weighted by Crippen LogP contribution is -2.17. The Bertz CT molecular complexity index is 1290. The summed E-state index contributed by atoms with van der Waals surface area (Å²) in [6.07, 6.45) is -1.47. The van der Waals surface area contributed by atoms with Crippen LogP contribution in [0.1, 0.15) is 32.3 Å². The Hall–Kier alpha value is -2.64. The van der Waals surface area contributed by atoms with Crippen LogP contribution in [0.4, 0.5) is 14.5 Å². The molecule has 30 heavy (non-hydrogen) atoms. The molecule has 0 saturated carbocycles. The van der Waals surface area contributed by atoms with Crippen molar-refractivity contribution in [2.75, 3.05) is 5.32 Å². The van der Waals surface area contributed by atoms with E-state index in [4.69, 9.17) is 10.2 Å². The highest BCUT2D eigenvalue weighted by molar-refractivity contribution is 9.13. The van der Waals surface area contributed by atoms with Crippen molar-refractivity contribution >= 4 is 70.9 Å². The van der Waals surface area contributed by atoms with E-state index in [0.29, 0.717) is 9.08 Å². The van der Waals surface area contributed by atoms with Crippen molar-refractivity contribution in [1.82, 2.24) is 15.2 Å². The first kappa shape index (κ1) is 20.6. The van der Waals surface area contributed by atoms with Crippen molar-refractivity contribution in [3.63, 3.8) is 0 Å². The van der Waals surface area contributed by atoms with Crippen LogP contribution in [0.5, 0.6) is 0 Å². The van der Waals surface area contributed by atoms with Gasteiger partial charge in [0.15, 0.2) is 5.69 Å². The number of alkyl halides is 2. The van der Waals surface area contributed by atoms with Crippen LogP contribution < -0.4 is 11.1 Å². The summed E-state index contributed by atoms with van der Waals surface area (Å²) in [5, 5.41) is 9.33. The molecule has 0 aliphatic carbocycles. The highest BCUT2D eigenvalue weighted by atomic mass is 79.9. The molecule has 0 spiro atoms. The van der Waals surface area contributed by atoms with Crippen LogP contribution in [0.15, 0.2) is 38.0 Å². The molecule has 8 nitrogen and oxygen atoms in total. The quantitative estimate of drug-likeness (QED) is 0.313. The number of amides is 2. The number of nitrogens with two attached hydrogens (primary N) is 1. The number of carbonyl (C=O) groups is 2. The summed E-state index contributed by atoms with van der Waals surface area (Å²) >= 11 is 7.21. The van der Waals surface area contributed by atoms with Gasteiger partial charge in [-0.1, -0.05) is 0 Å². The van der Waals surface area contributed by atoms with Gasteiger partial charge in [0.25, 0.3) is 18.2 Å². The second kappa shape index (κ2) is 7.89. The Morgan fingerprint density at radius 3 is 2.67 bits per heavy atom. The van der Waals surface area contributed by atoms with Gasteiger partial charge in [0.2, 0.25) is 0 Å². The number of fused-ring (bicyclic) bond motifs is 1. The number of halogens is 4. The number of carbonyl (C=O) groups excluding carboxylic acids is 2.